The van der Waals surface area contributed by atoms with Crippen LogP contribution in [0.4, 0.5) is 4.39 Å². The van der Waals surface area contributed by atoms with Crippen LogP contribution < -0.4 is 10.1 Å². The average molecular weight is 439 g/mol. The molecule has 7 heteroatoms. The third kappa shape index (κ3) is 3.32. The molecule has 1 N–H and O–H groups in total. The predicted octanol–water partition coefficient (Wildman–Crippen LogP) is 3.78. The number of fused-ring (bicyclic) bond motifs is 3. The summed E-state index contributed by atoms with van der Waals surface area (Å²) in [5.74, 6) is 0.0322. The van der Waals surface area contributed by atoms with Crippen molar-refractivity contribution in [3.8, 4) is 5.88 Å². The van der Waals surface area contributed by atoms with Gasteiger partial charge in [0.15, 0.2) is 9.84 Å². The van der Waals surface area contributed by atoms with Crippen molar-refractivity contribution in [3.05, 3.63) is 89.4 Å². The largest absolute Gasteiger partial charge is 0.473 e. The highest BCUT2D eigenvalue weighted by molar-refractivity contribution is 7.92. The Balaban J connectivity index is 1.52. The molecular formula is C24H23FN2O3S. The molecule has 0 radical (unpaired) electrons. The maximum absolute atomic E-state index is 13.8. The van der Waals surface area contributed by atoms with Crippen LogP contribution in [0.5, 0.6) is 5.88 Å². The standard InChI is InChI=1S/C24H23FN2O3S/c25-19-7-9-20(10-8-19)31(28,29)24-12-13-26-22(24)11-6-18-14-23(27-15-21(18)24)30-16-17-4-2-1-3-5-17/h1-5,7-10,14-15,22,26H,6,11-13,16H2. The van der Waals surface area contributed by atoms with Gasteiger partial charge in [-0.05, 0) is 66.8 Å². The van der Waals surface area contributed by atoms with Gasteiger partial charge in [-0.15, -0.1) is 0 Å². The molecule has 1 aliphatic heterocycles. The number of aromatic nitrogens is 1. The van der Waals surface area contributed by atoms with Crippen molar-refractivity contribution in [1.82, 2.24) is 10.3 Å². The van der Waals surface area contributed by atoms with Gasteiger partial charge >= 0.3 is 0 Å². The lowest BCUT2D eigenvalue weighted by Gasteiger charge is -2.39. The molecule has 1 aliphatic carbocycles. The molecule has 2 unspecified atom stereocenters. The van der Waals surface area contributed by atoms with Crippen molar-refractivity contribution in [3.63, 3.8) is 0 Å². The van der Waals surface area contributed by atoms with Crippen molar-refractivity contribution in [2.75, 3.05) is 6.54 Å². The monoisotopic (exact) mass is 438 g/mol. The smallest absolute Gasteiger partial charge is 0.213 e. The fourth-order valence-electron chi connectivity index (χ4n) is 4.89. The van der Waals surface area contributed by atoms with Crippen molar-refractivity contribution < 1.29 is 17.5 Å². The van der Waals surface area contributed by atoms with Gasteiger partial charge in [0.1, 0.15) is 17.2 Å². The lowest BCUT2D eigenvalue weighted by molar-refractivity contribution is 0.292. The van der Waals surface area contributed by atoms with Crippen LogP contribution in [0.1, 0.15) is 29.5 Å². The minimum absolute atomic E-state index is 0.139. The summed E-state index contributed by atoms with van der Waals surface area (Å²) in [5, 5.41) is 3.38. The van der Waals surface area contributed by atoms with Crippen molar-refractivity contribution >= 4 is 9.84 Å². The molecule has 1 aromatic heterocycles. The van der Waals surface area contributed by atoms with E-state index in [0.717, 1.165) is 23.1 Å². The summed E-state index contributed by atoms with van der Waals surface area (Å²) in [6.07, 6.45) is 3.57. The van der Waals surface area contributed by atoms with E-state index in [0.29, 0.717) is 31.9 Å². The second kappa shape index (κ2) is 7.73. The lowest BCUT2D eigenvalue weighted by Crippen LogP contribution is -2.49. The van der Waals surface area contributed by atoms with E-state index < -0.39 is 20.4 Å². The van der Waals surface area contributed by atoms with Crippen molar-refractivity contribution in [2.24, 2.45) is 0 Å². The molecule has 160 valence electrons. The maximum atomic E-state index is 13.8. The van der Waals surface area contributed by atoms with Gasteiger partial charge in [0, 0.05) is 18.3 Å². The summed E-state index contributed by atoms with van der Waals surface area (Å²) < 4.78 is 45.9. The zero-order chi connectivity index (χ0) is 21.5. The molecule has 31 heavy (non-hydrogen) atoms. The second-order valence-corrected chi connectivity index (χ2v) is 10.3. The first kappa shape index (κ1) is 20.2. The molecule has 3 aromatic rings. The number of aryl methyl sites for hydroxylation is 1. The Hall–Kier alpha value is -2.77. The minimum Gasteiger partial charge on any atom is -0.473 e. The number of benzene rings is 2. The van der Waals surface area contributed by atoms with Crippen molar-refractivity contribution in [1.29, 1.82) is 0 Å². The normalized spacial score (nSPS) is 22.5. The van der Waals surface area contributed by atoms with Gasteiger partial charge in [-0.2, -0.15) is 0 Å². The zero-order valence-corrected chi connectivity index (χ0v) is 17.7. The van der Waals surface area contributed by atoms with Gasteiger partial charge in [-0.3, -0.25) is 0 Å². The third-order valence-electron chi connectivity index (χ3n) is 6.41. The van der Waals surface area contributed by atoms with Gasteiger partial charge in [0.25, 0.3) is 0 Å². The quantitative estimate of drug-likeness (QED) is 0.614. The molecule has 0 amide bonds. The van der Waals surface area contributed by atoms with E-state index in [2.05, 4.69) is 10.3 Å². The number of pyridine rings is 1. The summed E-state index contributed by atoms with van der Waals surface area (Å²) in [5.41, 5.74) is 2.71. The Labute approximate surface area is 181 Å². The first-order chi connectivity index (χ1) is 15.0. The van der Waals surface area contributed by atoms with E-state index in [-0.39, 0.29) is 10.9 Å². The van der Waals surface area contributed by atoms with Gasteiger partial charge in [0.2, 0.25) is 5.88 Å². The van der Waals surface area contributed by atoms with Crippen LogP contribution >= 0.6 is 0 Å². The summed E-state index contributed by atoms with van der Waals surface area (Å²) in [4.78, 5) is 4.60. The molecule has 5 nitrogen and oxygen atoms in total. The summed E-state index contributed by atoms with van der Waals surface area (Å²) >= 11 is 0. The molecular weight excluding hydrogens is 415 g/mol. The molecule has 2 aliphatic rings. The Bertz CT molecular complexity index is 1200. The van der Waals surface area contributed by atoms with Crippen LogP contribution in [-0.2, 0) is 27.6 Å². The highest BCUT2D eigenvalue weighted by atomic mass is 32.2. The molecule has 0 saturated carbocycles. The average Bonchev–Trinajstić information content (AvgIpc) is 3.25. The number of hydrogen-bond donors (Lipinski definition) is 1. The molecule has 5 rings (SSSR count). The Morgan fingerprint density at radius 1 is 1.13 bits per heavy atom. The second-order valence-electron chi connectivity index (χ2n) is 8.10. The van der Waals surface area contributed by atoms with Crippen LogP contribution in [-0.4, -0.2) is 26.0 Å². The molecule has 1 saturated heterocycles. The van der Waals surface area contributed by atoms with Gasteiger partial charge in [-0.25, -0.2) is 17.8 Å². The Kier molecular flexibility index (Phi) is 5.02. The lowest BCUT2D eigenvalue weighted by atomic mass is 9.80. The number of nitrogens with one attached hydrogen (secondary N) is 1. The van der Waals surface area contributed by atoms with E-state index in [4.69, 9.17) is 4.74 Å². The fourth-order valence-corrected chi connectivity index (χ4v) is 7.23. The number of nitrogens with zero attached hydrogens (tertiary/aromatic N) is 1. The summed E-state index contributed by atoms with van der Waals surface area (Å²) in [6.45, 7) is 1.01. The highest BCUT2D eigenvalue weighted by Crippen LogP contribution is 2.49. The topological polar surface area (TPSA) is 68.3 Å². The van der Waals surface area contributed by atoms with E-state index in [1.807, 2.05) is 36.4 Å². The number of rotatable bonds is 5. The van der Waals surface area contributed by atoms with Crippen LogP contribution in [0.3, 0.4) is 0 Å². The minimum atomic E-state index is -3.77. The summed E-state index contributed by atoms with van der Waals surface area (Å²) in [7, 11) is -3.77. The number of hydrogen-bond acceptors (Lipinski definition) is 5. The van der Waals surface area contributed by atoms with Gasteiger partial charge in [-0.1, -0.05) is 30.3 Å². The van der Waals surface area contributed by atoms with Crippen LogP contribution in [0.25, 0.3) is 0 Å². The molecule has 2 aromatic carbocycles. The molecule has 2 atom stereocenters. The van der Waals surface area contributed by atoms with Crippen LogP contribution in [0.15, 0.2) is 71.8 Å². The SMILES string of the molecule is O=S(=O)(c1ccc(F)cc1)C12CCNC1CCc1cc(OCc3ccccc3)ncc12. The summed E-state index contributed by atoms with van der Waals surface area (Å²) in [6, 6.07) is 16.6. The molecule has 1 fully saturated rings. The van der Waals surface area contributed by atoms with E-state index in [1.54, 1.807) is 6.20 Å². The highest BCUT2D eigenvalue weighted by Gasteiger charge is 2.57. The van der Waals surface area contributed by atoms with Crippen molar-refractivity contribution in [2.45, 2.75) is 41.6 Å². The fraction of sp³-hybridized carbons (Fsp3) is 0.292. The number of halogens is 1. The van der Waals surface area contributed by atoms with E-state index >= 15 is 0 Å². The molecule has 2 heterocycles. The van der Waals surface area contributed by atoms with Crippen LogP contribution in [0.2, 0.25) is 0 Å². The molecule has 0 spiro atoms. The van der Waals surface area contributed by atoms with Crippen LogP contribution in [0, 0.1) is 5.82 Å². The first-order valence-corrected chi connectivity index (χ1v) is 11.9. The third-order valence-corrected chi connectivity index (χ3v) is 8.97. The predicted molar refractivity (Wildman–Crippen MR) is 115 cm³/mol. The van der Waals surface area contributed by atoms with E-state index in [9.17, 15) is 12.8 Å². The number of ether oxygens (including phenoxy) is 1. The van der Waals surface area contributed by atoms with Gasteiger partial charge in [0.05, 0.1) is 4.90 Å². The zero-order valence-electron chi connectivity index (χ0n) is 16.9. The Morgan fingerprint density at radius 3 is 2.68 bits per heavy atom. The van der Waals surface area contributed by atoms with Gasteiger partial charge < -0.3 is 10.1 Å². The maximum Gasteiger partial charge on any atom is 0.213 e. The first-order valence-electron chi connectivity index (χ1n) is 10.4. The van der Waals surface area contributed by atoms with E-state index in [1.165, 1.54) is 24.3 Å². The Morgan fingerprint density at radius 2 is 1.90 bits per heavy atom. The molecule has 0 bridgehead atoms. The number of sulfone groups is 1.